The van der Waals surface area contributed by atoms with Gasteiger partial charge in [0.15, 0.2) is 0 Å². The standard InChI is InChI=1S/C14H21NO/c1-3-5-10(2)14(16)12-8-7-11-6-4-9-15-13(11)12/h4,6,9-10,12,14,16H,3,5,7-8H2,1-2H3. The van der Waals surface area contributed by atoms with E-state index in [1.165, 1.54) is 5.56 Å². The third-order valence-corrected chi connectivity index (χ3v) is 3.74. The number of hydrogen-bond acceptors (Lipinski definition) is 2. The summed E-state index contributed by atoms with van der Waals surface area (Å²) in [6.07, 6.45) is 5.98. The van der Waals surface area contributed by atoms with E-state index < -0.39 is 0 Å². The molecule has 2 heteroatoms. The summed E-state index contributed by atoms with van der Waals surface area (Å²) in [5, 5.41) is 10.4. The van der Waals surface area contributed by atoms with Crippen molar-refractivity contribution in [3.05, 3.63) is 29.6 Å². The first-order valence-electron chi connectivity index (χ1n) is 6.36. The number of aryl methyl sites for hydroxylation is 1. The van der Waals surface area contributed by atoms with Crippen molar-refractivity contribution in [2.24, 2.45) is 5.92 Å². The van der Waals surface area contributed by atoms with E-state index in [9.17, 15) is 5.11 Å². The summed E-state index contributed by atoms with van der Waals surface area (Å²) in [5.74, 6) is 0.640. The number of aliphatic hydroxyl groups is 1. The van der Waals surface area contributed by atoms with E-state index >= 15 is 0 Å². The zero-order valence-corrected chi connectivity index (χ0v) is 10.2. The molecule has 1 N–H and O–H groups in total. The summed E-state index contributed by atoms with van der Waals surface area (Å²) in [6, 6.07) is 4.13. The fraction of sp³-hybridized carbons (Fsp3) is 0.643. The van der Waals surface area contributed by atoms with Gasteiger partial charge in [0, 0.05) is 17.8 Å². The zero-order chi connectivity index (χ0) is 11.5. The van der Waals surface area contributed by atoms with Crippen molar-refractivity contribution in [1.82, 2.24) is 4.98 Å². The first kappa shape index (κ1) is 11.6. The van der Waals surface area contributed by atoms with Crippen molar-refractivity contribution in [2.75, 3.05) is 0 Å². The highest BCUT2D eigenvalue weighted by atomic mass is 16.3. The van der Waals surface area contributed by atoms with Gasteiger partial charge in [-0.3, -0.25) is 4.98 Å². The molecule has 3 atom stereocenters. The average Bonchev–Trinajstić information content (AvgIpc) is 2.72. The van der Waals surface area contributed by atoms with Crippen LogP contribution >= 0.6 is 0 Å². The van der Waals surface area contributed by atoms with Crippen molar-refractivity contribution in [3.63, 3.8) is 0 Å². The topological polar surface area (TPSA) is 33.1 Å². The average molecular weight is 219 g/mol. The van der Waals surface area contributed by atoms with Crippen LogP contribution in [0.25, 0.3) is 0 Å². The van der Waals surface area contributed by atoms with Crippen LogP contribution in [-0.2, 0) is 6.42 Å². The second kappa shape index (κ2) is 4.96. The molecule has 0 saturated carbocycles. The fourth-order valence-corrected chi connectivity index (χ4v) is 2.80. The van der Waals surface area contributed by atoms with E-state index in [1.54, 1.807) is 0 Å². The number of aliphatic hydroxyl groups excluding tert-OH is 1. The second-order valence-electron chi connectivity index (χ2n) is 4.95. The van der Waals surface area contributed by atoms with E-state index in [0.717, 1.165) is 31.4 Å². The lowest BCUT2D eigenvalue weighted by molar-refractivity contribution is 0.0826. The van der Waals surface area contributed by atoms with Gasteiger partial charge in [-0.1, -0.05) is 26.3 Å². The third-order valence-electron chi connectivity index (χ3n) is 3.74. The molecule has 88 valence electrons. The van der Waals surface area contributed by atoms with Gasteiger partial charge in [0.1, 0.15) is 0 Å². The number of rotatable bonds is 4. The van der Waals surface area contributed by atoms with Crippen LogP contribution in [0, 0.1) is 5.92 Å². The largest absolute Gasteiger partial charge is 0.392 e. The maximum absolute atomic E-state index is 10.4. The molecule has 0 aliphatic heterocycles. The quantitative estimate of drug-likeness (QED) is 0.844. The normalized spacial score (nSPS) is 22.8. The van der Waals surface area contributed by atoms with Crippen molar-refractivity contribution in [2.45, 2.75) is 51.6 Å². The summed E-state index contributed by atoms with van der Waals surface area (Å²) in [4.78, 5) is 4.44. The maximum Gasteiger partial charge on any atom is 0.0649 e. The molecule has 0 fully saturated rings. The van der Waals surface area contributed by atoms with E-state index in [2.05, 4.69) is 24.9 Å². The number of hydrogen-bond donors (Lipinski definition) is 1. The molecule has 0 radical (unpaired) electrons. The second-order valence-corrected chi connectivity index (χ2v) is 4.95. The first-order valence-corrected chi connectivity index (χ1v) is 6.36. The highest BCUT2D eigenvalue weighted by molar-refractivity contribution is 5.29. The molecule has 3 unspecified atom stereocenters. The summed E-state index contributed by atoms with van der Waals surface area (Å²) in [5.41, 5.74) is 2.47. The molecule has 0 saturated heterocycles. The molecule has 2 nitrogen and oxygen atoms in total. The maximum atomic E-state index is 10.4. The minimum atomic E-state index is -0.226. The van der Waals surface area contributed by atoms with Crippen LogP contribution in [0.15, 0.2) is 18.3 Å². The van der Waals surface area contributed by atoms with Gasteiger partial charge in [0.2, 0.25) is 0 Å². The van der Waals surface area contributed by atoms with Crippen LogP contribution in [0.3, 0.4) is 0 Å². The van der Waals surface area contributed by atoms with Gasteiger partial charge in [-0.25, -0.2) is 0 Å². The highest BCUT2D eigenvalue weighted by Gasteiger charge is 2.32. The SMILES string of the molecule is CCCC(C)C(O)C1CCc2cccnc21. The summed E-state index contributed by atoms with van der Waals surface area (Å²) >= 11 is 0. The van der Waals surface area contributed by atoms with Crippen LogP contribution in [0.1, 0.15) is 50.3 Å². The molecular weight excluding hydrogens is 198 g/mol. The highest BCUT2D eigenvalue weighted by Crippen LogP contribution is 2.36. The number of aromatic nitrogens is 1. The Kier molecular flexibility index (Phi) is 3.59. The van der Waals surface area contributed by atoms with Crippen molar-refractivity contribution >= 4 is 0 Å². The van der Waals surface area contributed by atoms with Crippen molar-refractivity contribution in [1.29, 1.82) is 0 Å². The molecule has 2 rings (SSSR count). The van der Waals surface area contributed by atoms with Gasteiger partial charge in [0.25, 0.3) is 0 Å². The molecule has 0 spiro atoms. The Morgan fingerprint density at radius 3 is 3.12 bits per heavy atom. The zero-order valence-electron chi connectivity index (χ0n) is 10.2. The molecule has 1 aliphatic carbocycles. The smallest absolute Gasteiger partial charge is 0.0649 e. The Balaban J connectivity index is 2.12. The van der Waals surface area contributed by atoms with Crippen LogP contribution in [-0.4, -0.2) is 16.2 Å². The molecule has 0 amide bonds. The van der Waals surface area contributed by atoms with Gasteiger partial charge in [-0.15, -0.1) is 0 Å². The molecule has 1 aromatic rings. The van der Waals surface area contributed by atoms with Gasteiger partial charge >= 0.3 is 0 Å². The number of nitrogens with zero attached hydrogens (tertiary/aromatic N) is 1. The molecular formula is C14H21NO. The predicted octanol–water partition coefficient (Wildman–Crippen LogP) is 2.91. The Hall–Kier alpha value is -0.890. The lowest BCUT2D eigenvalue weighted by atomic mass is 9.87. The minimum absolute atomic E-state index is 0.226. The van der Waals surface area contributed by atoms with E-state index in [1.807, 2.05) is 12.3 Å². The molecule has 1 aliphatic rings. The van der Waals surface area contributed by atoms with Gasteiger partial charge in [0.05, 0.1) is 6.10 Å². The summed E-state index contributed by atoms with van der Waals surface area (Å²) in [6.45, 7) is 4.32. The van der Waals surface area contributed by atoms with Gasteiger partial charge < -0.3 is 5.11 Å². The lowest BCUT2D eigenvalue weighted by Gasteiger charge is -2.24. The Bertz CT molecular complexity index is 350. The molecule has 16 heavy (non-hydrogen) atoms. The predicted molar refractivity (Wildman–Crippen MR) is 65.4 cm³/mol. The molecule has 0 aromatic carbocycles. The van der Waals surface area contributed by atoms with Crippen LogP contribution < -0.4 is 0 Å². The van der Waals surface area contributed by atoms with E-state index in [0.29, 0.717) is 5.92 Å². The van der Waals surface area contributed by atoms with Crippen molar-refractivity contribution in [3.8, 4) is 0 Å². The summed E-state index contributed by atoms with van der Waals surface area (Å²) in [7, 11) is 0. The fourth-order valence-electron chi connectivity index (χ4n) is 2.80. The minimum Gasteiger partial charge on any atom is -0.392 e. The Morgan fingerprint density at radius 2 is 2.38 bits per heavy atom. The molecule has 0 bridgehead atoms. The van der Waals surface area contributed by atoms with Gasteiger partial charge in [-0.2, -0.15) is 0 Å². The van der Waals surface area contributed by atoms with Crippen LogP contribution in [0.5, 0.6) is 0 Å². The van der Waals surface area contributed by atoms with E-state index in [-0.39, 0.29) is 12.0 Å². The summed E-state index contributed by atoms with van der Waals surface area (Å²) < 4.78 is 0. The Labute approximate surface area is 97.7 Å². The van der Waals surface area contributed by atoms with Crippen molar-refractivity contribution < 1.29 is 5.11 Å². The molecule has 1 aromatic heterocycles. The lowest BCUT2D eigenvalue weighted by Crippen LogP contribution is -2.25. The number of fused-ring (bicyclic) bond motifs is 1. The van der Waals surface area contributed by atoms with Crippen LogP contribution in [0.4, 0.5) is 0 Å². The van der Waals surface area contributed by atoms with E-state index in [4.69, 9.17) is 0 Å². The Morgan fingerprint density at radius 1 is 1.56 bits per heavy atom. The number of pyridine rings is 1. The monoisotopic (exact) mass is 219 g/mol. The third kappa shape index (κ3) is 2.12. The van der Waals surface area contributed by atoms with Gasteiger partial charge in [-0.05, 0) is 36.8 Å². The first-order chi connectivity index (χ1) is 7.74. The van der Waals surface area contributed by atoms with Crippen LogP contribution in [0.2, 0.25) is 0 Å². The molecule has 1 heterocycles.